The largest absolute Gasteiger partial charge is 0.463 e. The molecule has 2 N–H and O–H groups in total. The molecule has 122 valence electrons. The van der Waals surface area contributed by atoms with Gasteiger partial charge in [0.05, 0.1) is 6.26 Å². The van der Waals surface area contributed by atoms with E-state index in [2.05, 4.69) is 9.97 Å². The van der Waals surface area contributed by atoms with Crippen molar-refractivity contribution in [2.24, 2.45) is 0 Å². The summed E-state index contributed by atoms with van der Waals surface area (Å²) in [6.45, 7) is 1.14. The molecule has 8 nitrogen and oxygen atoms in total. The molecule has 0 spiro atoms. The van der Waals surface area contributed by atoms with E-state index in [-0.39, 0.29) is 18.2 Å². The van der Waals surface area contributed by atoms with Crippen LogP contribution in [-0.4, -0.2) is 20.5 Å². The minimum absolute atomic E-state index is 0.105. The third-order valence-corrected chi connectivity index (χ3v) is 3.28. The number of hydrogen-bond acceptors (Lipinski definition) is 7. The van der Waals surface area contributed by atoms with Crippen LogP contribution < -0.4 is 11.3 Å². The number of carbonyl (C=O) groups excluding carboxylic acids is 1. The molecule has 0 amide bonds. The smallest absolute Gasteiger partial charge is 0.304 e. The van der Waals surface area contributed by atoms with Gasteiger partial charge >= 0.3 is 5.97 Å². The van der Waals surface area contributed by atoms with Gasteiger partial charge in [0, 0.05) is 30.9 Å². The number of carbonyl (C=O) groups is 1. The van der Waals surface area contributed by atoms with E-state index in [1.807, 2.05) is 0 Å². The predicted octanol–water partition coefficient (Wildman–Crippen LogP) is 1.67. The van der Waals surface area contributed by atoms with Crippen LogP contribution in [0.5, 0.6) is 0 Å². The molecule has 0 saturated heterocycles. The van der Waals surface area contributed by atoms with Crippen molar-refractivity contribution in [2.75, 3.05) is 5.73 Å². The summed E-state index contributed by atoms with van der Waals surface area (Å²) in [5.74, 6) is 0.162. The molecule has 3 aromatic heterocycles. The first kappa shape index (κ1) is 15.5. The van der Waals surface area contributed by atoms with Crippen molar-refractivity contribution in [3.05, 3.63) is 53.3 Å². The highest BCUT2D eigenvalue weighted by molar-refractivity contribution is 5.78. The number of anilines is 1. The third-order valence-electron chi connectivity index (χ3n) is 3.28. The van der Waals surface area contributed by atoms with Crippen LogP contribution in [0.4, 0.5) is 5.95 Å². The first-order chi connectivity index (χ1) is 11.5. The van der Waals surface area contributed by atoms with Crippen molar-refractivity contribution in [3.63, 3.8) is 0 Å². The quantitative estimate of drug-likeness (QED) is 0.725. The molecule has 0 fully saturated rings. The molecule has 0 radical (unpaired) electrons. The molecule has 0 unspecified atom stereocenters. The Morgan fingerprint density at radius 2 is 2.25 bits per heavy atom. The summed E-state index contributed by atoms with van der Waals surface area (Å²) in [5, 5.41) is 0. The molecule has 8 heteroatoms. The van der Waals surface area contributed by atoms with Crippen molar-refractivity contribution in [2.45, 2.75) is 13.7 Å². The fraction of sp³-hybridized carbons (Fsp3) is 0.125. The van der Waals surface area contributed by atoms with Crippen molar-refractivity contribution >= 4 is 11.9 Å². The molecule has 0 aliphatic carbocycles. The van der Waals surface area contributed by atoms with Crippen LogP contribution in [0, 0.1) is 0 Å². The van der Waals surface area contributed by atoms with Crippen LogP contribution in [0.2, 0.25) is 0 Å². The number of furan rings is 1. The minimum atomic E-state index is -0.460. The highest BCUT2D eigenvalue weighted by atomic mass is 16.5. The van der Waals surface area contributed by atoms with E-state index in [1.165, 1.54) is 36.2 Å². The summed E-state index contributed by atoms with van der Waals surface area (Å²) in [7, 11) is 0. The van der Waals surface area contributed by atoms with Gasteiger partial charge in [-0.2, -0.15) is 0 Å². The Kier molecular flexibility index (Phi) is 4.11. The van der Waals surface area contributed by atoms with Gasteiger partial charge in [0.15, 0.2) is 12.5 Å². The van der Waals surface area contributed by atoms with Crippen LogP contribution in [0.25, 0.3) is 22.6 Å². The first-order valence-electron chi connectivity index (χ1n) is 7.05. The molecule has 24 heavy (non-hydrogen) atoms. The zero-order valence-corrected chi connectivity index (χ0v) is 12.8. The molecule has 3 rings (SSSR count). The van der Waals surface area contributed by atoms with Gasteiger partial charge in [-0.3, -0.25) is 14.2 Å². The highest BCUT2D eigenvalue weighted by Gasteiger charge is 2.14. The Morgan fingerprint density at radius 1 is 1.42 bits per heavy atom. The average molecular weight is 326 g/mol. The van der Waals surface area contributed by atoms with Crippen LogP contribution in [0.3, 0.4) is 0 Å². The number of nitrogens with zero attached hydrogens (tertiary/aromatic N) is 3. The van der Waals surface area contributed by atoms with E-state index in [1.54, 1.807) is 18.2 Å². The Morgan fingerprint density at radius 3 is 2.92 bits per heavy atom. The standard InChI is InChI=1S/C16H14N4O4/c1-10(21)24-9-20-5-4-11(7-14(20)22)12-8-18-16(17)19-15(12)13-3-2-6-23-13/h2-8H,9H2,1H3,(H2,17,18,19). The number of pyridine rings is 1. The normalized spacial score (nSPS) is 10.5. The summed E-state index contributed by atoms with van der Waals surface area (Å²) < 4.78 is 11.5. The summed E-state index contributed by atoms with van der Waals surface area (Å²) in [6, 6.07) is 6.58. The lowest BCUT2D eigenvalue weighted by Crippen LogP contribution is -2.21. The summed E-state index contributed by atoms with van der Waals surface area (Å²) in [5.41, 5.74) is 7.03. The van der Waals surface area contributed by atoms with E-state index >= 15 is 0 Å². The van der Waals surface area contributed by atoms with Gasteiger partial charge in [0.25, 0.3) is 5.56 Å². The maximum atomic E-state index is 12.2. The number of nitrogens with two attached hydrogens (primary N) is 1. The van der Waals surface area contributed by atoms with Crippen molar-refractivity contribution < 1.29 is 13.9 Å². The highest BCUT2D eigenvalue weighted by Crippen LogP contribution is 2.29. The second-order valence-electron chi connectivity index (χ2n) is 4.96. The number of aromatic nitrogens is 3. The zero-order chi connectivity index (χ0) is 17.1. The average Bonchev–Trinajstić information content (AvgIpc) is 3.08. The maximum absolute atomic E-state index is 12.2. The Bertz CT molecular complexity index is 932. The van der Waals surface area contributed by atoms with Crippen LogP contribution in [0.1, 0.15) is 6.92 Å². The lowest BCUT2D eigenvalue weighted by Gasteiger charge is -2.09. The monoisotopic (exact) mass is 326 g/mol. The second-order valence-corrected chi connectivity index (χ2v) is 4.96. The molecular weight excluding hydrogens is 312 g/mol. The van der Waals surface area contributed by atoms with Gasteiger partial charge in [0.1, 0.15) is 5.69 Å². The molecule has 0 aliphatic rings. The van der Waals surface area contributed by atoms with E-state index in [9.17, 15) is 9.59 Å². The van der Waals surface area contributed by atoms with Crippen LogP contribution in [-0.2, 0) is 16.3 Å². The number of ether oxygens (including phenoxy) is 1. The fourth-order valence-corrected chi connectivity index (χ4v) is 2.15. The summed E-state index contributed by atoms with van der Waals surface area (Å²) >= 11 is 0. The number of nitrogen functional groups attached to an aromatic ring is 1. The van der Waals surface area contributed by atoms with Crippen molar-refractivity contribution in [1.29, 1.82) is 0 Å². The van der Waals surface area contributed by atoms with Crippen molar-refractivity contribution in [3.8, 4) is 22.6 Å². The number of rotatable bonds is 4. The Balaban J connectivity index is 2.02. The van der Waals surface area contributed by atoms with E-state index in [0.29, 0.717) is 22.6 Å². The molecule has 0 aliphatic heterocycles. The lowest BCUT2D eigenvalue weighted by atomic mass is 10.1. The van der Waals surface area contributed by atoms with Gasteiger partial charge < -0.3 is 14.9 Å². The van der Waals surface area contributed by atoms with Gasteiger partial charge in [-0.05, 0) is 23.8 Å². The summed E-state index contributed by atoms with van der Waals surface area (Å²) in [6.07, 6.45) is 4.59. The van der Waals surface area contributed by atoms with Gasteiger partial charge in [0.2, 0.25) is 5.95 Å². The summed E-state index contributed by atoms with van der Waals surface area (Å²) in [4.78, 5) is 31.2. The minimum Gasteiger partial charge on any atom is -0.463 e. The Labute approximate surface area is 136 Å². The van der Waals surface area contributed by atoms with E-state index < -0.39 is 5.97 Å². The van der Waals surface area contributed by atoms with Gasteiger partial charge in [-0.1, -0.05) is 0 Å². The first-order valence-corrected chi connectivity index (χ1v) is 7.05. The zero-order valence-electron chi connectivity index (χ0n) is 12.8. The number of hydrogen-bond donors (Lipinski definition) is 1. The van der Waals surface area contributed by atoms with Crippen LogP contribution in [0.15, 0.2) is 52.1 Å². The second kappa shape index (κ2) is 6.37. The van der Waals surface area contributed by atoms with E-state index in [4.69, 9.17) is 14.9 Å². The molecule has 0 atom stereocenters. The fourth-order valence-electron chi connectivity index (χ4n) is 2.15. The molecule has 0 bridgehead atoms. The maximum Gasteiger partial charge on any atom is 0.304 e. The molecule has 0 aromatic carbocycles. The third kappa shape index (κ3) is 3.17. The lowest BCUT2D eigenvalue weighted by molar-refractivity contribution is -0.144. The molecule has 3 heterocycles. The predicted molar refractivity (Wildman–Crippen MR) is 85.6 cm³/mol. The van der Waals surface area contributed by atoms with E-state index in [0.717, 1.165) is 0 Å². The number of esters is 1. The Hall–Kier alpha value is -3.42. The topological polar surface area (TPSA) is 113 Å². The molecule has 3 aromatic rings. The van der Waals surface area contributed by atoms with Gasteiger partial charge in [-0.15, -0.1) is 0 Å². The SMILES string of the molecule is CC(=O)OCn1ccc(-c2cnc(N)nc2-c2ccco2)cc1=O. The molecule has 0 saturated carbocycles. The van der Waals surface area contributed by atoms with Gasteiger partial charge in [-0.25, -0.2) is 9.97 Å². The molecular formula is C16H14N4O4. The van der Waals surface area contributed by atoms with Crippen LogP contribution >= 0.6 is 0 Å². The van der Waals surface area contributed by atoms with Crippen molar-refractivity contribution in [1.82, 2.24) is 14.5 Å².